The molecule has 1 aliphatic carbocycles. The van der Waals surface area contributed by atoms with Crippen molar-refractivity contribution in [1.82, 2.24) is 10.1 Å². The molecule has 1 saturated carbocycles. The molecule has 0 aliphatic heterocycles. The number of hydrogen-bond acceptors (Lipinski definition) is 5. The third kappa shape index (κ3) is 2.59. The molecular formula is C13H13IN2O3. The number of aromatic hydroxyl groups is 1. The van der Waals surface area contributed by atoms with Crippen LogP contribution in [0.5, 0.6) is 5.75 Å². The van der Waals surface area contributed by atoms with Crippen molar-refractivity contribution in [2.75, 3.05) is 7.11 Å². The molecule has 1 unspecified atom stereocenters. The van der Waals surface area contributed by atoms with Crippen molar-refractivity contribution in [2.45, 2.75) is 18.9 Å². The van der Waals surface area contributed by atoms with Crippen LogP contribution in [0.15, 0.2) is 22.7 Å². The zero-order valence-corrected chi connectivity index (χ0v) is 12.5. The summed E-state index contributed by atoms with van der Waals surface area (Å²) in [5, 5.41) is 13.7. The van der Waals surface area contributed by atoms with E-state index < -0.39 is 0 Å². The van der Waals surface area contributed by atoms with Gasteiger partial charge in [0.1, 0.15) is 11.9 Å². The number of rotatable bonds is 4. The first kappa shape index (κ1) is 12.9. The molecule has 19 heavy (non-hydrogen) atoms. The summed E-state index contributed by atoms with van der Waals surface area (Å²) in [6, 6.07) is 5.28. The molecule has 1 N–H and O–H groups in total. The Labute approximate surface area is 124 Å². The van der Waals surface area contributed by atoms with Gasteiger partial charge in [-0.1, -0.05) is 5.16 Å². The molecule has 1 atom stereocenters. The predicted molar refractivity (Wildman–Crippen MR) is 76.6 cm³/mol. The van der Waals surface area contributed by atoms with Gasteiger partial charge in [0.15, 0.2) is 0 Å². The van der Waals surface area contributed by atoms with E-state index in [0.29, 0.717) is 23.2 Å². The maximum absolute atomic E-state index is 9.70. The van der Waals surface area contributed by atoms with Crippen molar-refractivity contribution in [1.29, 1.82) is 0 Å². The minimum atomic E-state index is -0.0880. The second-order valence-electron chi connectivity index (χ2n) is 4.62. The van der Waals surface area contributed by atoms with Gasteiger partial charge < -0.3 is 14.4 Å². The number of methoxy groups -OCH3 is 1. The molecule has 6 heteroatoms. The quantitative estimate of drug-likeness (QED) is 0.836. The van der Waals surface area contributed by atoms with Crippen LogP contribution in [0.2, 0.25) is 0 Å². The van der Waals surface area contributed by atoms with Crippen LogP contribution in [0.3, 0.4) is 0 Å². The van der Waals surface area contributed by atoms with Gasteiger partial charge in [0, 0.05) is 12.7 Å². The van der Waals surface area contributed by atoms with E-state index in [-0.39, 0.29) is 11.9 Å². The third-order valence-electron chi connectivity index (χ3n) is 3.19. The molecular weight excluding hydrogens is 359 g/mol. The van der Waals surface area contributed by atoms with Gasteiger partial charge in [-0.25, -0.2) is 0 Å². The summed E-state index contributed by atoms with van der Waals surface area (Å²) in [4.78, 5) is 4.37. The highest BCUT2D eigenvalue weighted by atomic mass is 127. The molecule has 0 radical (unpaired) electrons. The van der Waals surface area contributed by atoms with Gasteiger partial charge >= 0.3 is 0 Å². The molecule has 1 aliphatic rings. The van der Waals surface area contributed by atoms with E-state index in [1.165, 1.54) is 0 Å². The average molecular weight is 372 g/mol. The first-order valence-electron chi connectivity index (χ1n) is 6.04. The third-order valence-corrected chi connectivity index (χ3v) is 4.11. The average Bonchev–Trinajstić information content (AvgIpc) is 3.11. The Balaban J connectivity index is 1.89. The number of phenolic OH excluding ortho intramolecular Hbond substituents is 1. The summed E-state index contributed by atoms with van der Waals surface area (Å²) in [7, 11) is 1.66. The molecule has 0 amide bonds. The Bertz CT molecular complexity index is 595. The monoisotopic (exact) mass is 372 g/mol. The van der Waals surface area contributed by atoms with E-state index in [0.717, 1.165) is 16.4 Å². The molecule has 0 bridgehead atoms. The Morgan fingerprint density at radius 1 is 1.47 bits per heavy atom. The molecule has 1 aromatic carbocycles. The van der Waals surface area contributed by atoms with Crippen LogP contribution in [-0.2, 0) is 4.74 Å². The smallest absolute Gasteiger partial charge is 0.258 e. The van der Waals surface area contributed by atoms with Gasteiger partial charge in [-0.15, -0.1) is 0 Å². The topological polar surface area (TPSA) is 68.4 Å². The van der Waals surface area contributed by atoms with E-state index in [2.05, 4.69) is 32.7 Å². The highest BCUT2D eigenvalue weighted by molar-refractivity contribution is 14.1. The lowest BCUT2D eigenvalue weighted by atomic mass is 10.2. The van der Waals surface area contributed by atoms with E-state index >= 15 is 0 Å². The van der Waals surface area contributed by atoms with Crippen LogP contribution < -0.4 is 0 Å². The molecule has 0 spiro atoms. The molecule has 3 rings (SSSR count). The minimum Gasteiger partial charge on any atom is -0.507 e. The fourth-order valence-electron chi connectivity index (χ4n) is 2.02. The van der Waals surface area contributed by atoms with Crippen molar-refractivity contribution in [2.24, 2.45) is 5.92 Å². The van der Waals surface area contributed by atoms with Crippen LogP contribution in [-0.4, -0.2) is 22.4 Å². The number of phenols is 1. The number of aromatic nitrogens is 2. The van der Waals surface area contributed by atoms with Gasteiger partial charge in [-0.2, -0.15) is 4.98 Å². The zero-order chi connectivity index (χ0) is 13.4. The largest absolute Gasteiger partial charge is 0.507 e. The minimum absolute atomic E-state index is 0.0880. The van der Waals surface area contributed by atoms with Gasteiger partial charge in [-0.3, -0.25) is 0 Å². The Morgan fingerprint density at radius 2 is 2.26 bits per heavy atom. The van der Waals surface area contributed by atoms with Crippen LogP contribution in [0.25, 0.3) is 11.5 Å². The van der Waals surface area contributed by atoms with Gasteiger partial charge in [0.05, 0.1) is 3.57 Å². The number of nitrogens with zero attached hydrogens (tertiary/aromatic N) is 2. The normalized spacial score (nSPS) is 16.5. The van der Waals surface area contributed by atoms with Crippen LogP contribution in [0.1, 0.15) is 24.8 Å². The first-order chi connectivity index (χ1) is 9.19. The Hall–Kier alpha value is -1.15. The zero-order valence-electron chi connectivity index (χ0n) is 10.3. The van der Waals surface area contributed by atoms with Crippen molar-refractivity contribution < 1.29 is 14.4 Å². The number of hydrogen-bond donors (Lipinski definition) is 1. The summed E-state index contributed by atoms with van der Waals surface area (Å²) in [5.41, 5.74) is 0.710. The lowest BCUT2D eigenvalue weighted by Gasteiger charge is -2.08. The highest BCUT2D eigenvalue weighted by Gasteiger charge is 2.35. The molecule has 1 aromatic heterocycles. The molecule has 5 nitrogen and oxygen atoms in total. The van der Waals surface area contributed by atoms with E-state index in [4.69, 9.17) is 9.26 Å². The van der Waals surface area contributed by atoms with Crippen molar-refractivity contribution in [3.05, 3.63) is 27.6 Å². The summed E-state index contributed by atoms with van der Waals surface area (Å²) in [6.07, 6.45) is 2.20. The summed E-state index contributed by atoms with van der Waals surface area (Å²) < 4.78 is 11.5. The second kappa shape index (κ2) is 5.09. The van der Waals surface area contributed by atoms with E-state index in [9.17, 15) is 5.11 Å². The Morgan fingerprint density at radius 3 is 2.89 bits per heavy atom. The van der Waals surface area contributed by atoms with Crippen LogP contribution >= 0.6 is 22.6 Å². The fraction of sp³-hybridized carbons (Fsp3) is 0.385. The Kier molecular flexibility index (Phi) is 3.44. The van der Waals surface area contributed by atoms with Crippen LogP contribution in [0, 0.1) is 9.49 Å². The maximum atomic E-state index is 9.70. The second-order valence-corrected chi connectivity index (χ2v) is 5.78. The predicted octanol–water partition coefficient (Wildman–Crippen LogP) is 3.14. The van der Waals surface area contributed by atoms with Gasteiger partial charge in [0.25, 0.3) is 5.89 Å². The fourth-order valence-corrected chi connectivity index (χ4v) is 2.36. The van der Waals surface area contributed by atoms with Crippen molar-refractivity contribution in [3.8, 4) is 17.2 Å². The summed E-state index contributed by atoms with van der Waals surface area (Å²) in [5.74, 6) is 1.70. The lowest BCUT2D eigenvalue weighted by Crippen LogP contribution is -2.05. The lowest BCUT2D eigenvalue weighted by molar-refractivity contribution is 0.0751. The summed E-state index contributed by atoms with van der Waals surface area (Å²) in [6.45, 7) is 0. The van der Waals surface area contributed by atoms with Gasteiger partial charge in [0.2, 0.25) is 5.82 Å². The number of halogens is 1. The molecule has 1 fully saturated rings. The molecule has 0 saturated heterocycles. The van der Waals surface area contributed by atoms with Crippen molar-refractivity contribution in [3.63, 3.8) is 0 Å². The maximum Gasteiger partial charge on any atom is 0.258 e. The van der Waals surface area contributed by atoms with Crippen LogP contribution in [0.4, 0.5) is 0 Å². The van der Waals surface area contributed by atoms with E-state index in [1.54, 1.807) is 13.2 Å². The highest BCUT2D eigenvalue weighted by Crippen LogP contribution is 2.42. The standard InChI is InChI=1S/C13H13IN2O3/c1-18-11(7-2-3-7)12-15-13(19-16-12)8-4-5-9(14)10(17)6-8/h4-7,11,17H,2-3H2,1H3. The number of benzene rings is 1. The molecule has 100 valence electrons. The summed E-state index contributed by atoms with van der Waals surface area (Å²) >= 11 is 2.06. The van der Waals surface area contributed by atoms with Crippen molar-refractivity contribution >= 4 is 22.6 Å². The molecule has 1 heterocycles. The SMILES string of the molecule is COC(c1noc(-c2ccc(I)c(O)c2)n1)C1CC1. The van der Waals surface area contributed by atoms with Gasteiger partial charge in [-0.05, 0) is 59.5 Å². The number of ether oxygens (including phenoxy) is 1. The first-order valence-corrected chi connectivity index (χ1v) is 7.12. The molecule has 2 aromatic rings. The van der Waals surface area contributed by atoms with E-state index in [1.807, 2.05) is 12.1 Å².